The third kappa shape index (κ3) is 2.50. The van der Waals surface area contributed by atoms with Gasteiger partial charge in [-0.3, -0.25) is 0 Å². The summed E-state index contributed by atoms with van der Waals surface area (Å²) in [6, 6.07) is 21.4. The molecule has 0 spiro atoms. The lowest BCUT2D eigenvalue weighted by molar-refractivity contribution is 0.627. The molecule has 1 atom stereocenters. The molecule has 0 bridgehead atoms. The van der Waals surface area contributed by atoms with E-state index < -0.39 is 0 Å². The van der Waals surface area contributed by atoms with E-state index in [1.807, 2.05) is 25.1 Å². The van der Waals surface area contributed by atoms with E-state index in [4.69, 9.17) is 0 Å². The number of halogens is 1. The molecule has 100 valence electrons. The molecular weight excluding hydrogens is 249 g/mol. The molecule has 1 nitrogen and oxygen atoms in total. The van der Waals surface area contributed by atoms with Crippen LogP contribution >= 0.6 is 0 Å². The third-order valence-corrected chi connectivity index (χ3v) is 3.52. The Kier molecular flexibility index (Phi) is 3.38. The molecule has 1 unspecified atom stereocenters. The van der Waals surface area contributed by atoms with Gasteiger partial charge < -0.3 is 5.32 Å². The van der Waals surface area contributed by atoms with Crippen molar-refractivity contribution >= 4 is 16.5 Å². The van der Waals surface area contributed by atoms with Crippen LogP contribution in [0, 0.1) is 5.82 Å². The molecule has 3 rings (SSSR count). The van der Waals surface area contributed by atoms with E-state index in [2.05, 4.69) is 35.6 Å². The number of para-hydroxylation sites is 1. The summed E-state index contributed by atoms with van der Waals surface area (Å²) >= 11 is 0. The van der Waals surface area contributed by atoms with Gasteiger partial charge >= 0.3 is 0 Å². The second kappa shape index (κ2) is 5.33. The zero-order valence-corrected chi connectivity index (χ0v) is 11.3. The van der Waals surface area contributed by atoms with Gasteiger partial charge in [-0.25, -0.2) is 4.39 Å². The van der Waals surface area contributed by atoms with E-state index in [9.17, 15) is 4.39 Å². The maximum absolute atomic E-state index is 13.7. The Morgan fingerprint density at radius 1 is 0.850 bits per heavy atom. The molecule has 0 fully saturated rings. The smallest absolute Gasteiger partial charge is 0.146 e. The molecule has 0 saturated carbocycles. The highest BCUT2D eigenvalue weighted by molar-refractivity contribution is 5.83. The molecular formula is C18H16FN. The van der Waals surface area contributed by atoms with Gasteiger partial charge in [0.25, 0.3) is 0 Å². The molecule has 0 aliphatic heterocycles. The Hall–Kier alpha value is -2.35. The Morgan fingerprint density at radius 3 is 2.35 bits per heavy atom. The van der Waals surface area contributed by atoms with E-state index in [1.165, 1.54) is 16.8 Å². The van der Waals surface area contributed by atoms with Crippen molar-refractivity contribution in [2.45, 2.75) is 13.0 Å². The number of benzene rings is 3. The highest BCUT2D eigenvalue weighted by Crippen LogP contribution is 2.24. The highest BCUT2D eigenvalue weighted by Gasteiger charge is 2.08. The number of fused-ring (bicyclic) bond motifs is 1. The second-order valence-corrected chi connectivity index (χ2v) is 4.95. The van der Waals surface area contributed by atoms with Crippen LogP contribution in [0.25, 0.3) is 10.8 Å². The average Bonchev–Trinajstić information content (AvgIpc) is 2.49. The fraction of sp³-hybridized carbons (Fsp3) is 0.111. The van der Waals surface area contributed by atoms with Gasteiger partial charge in [0.15, 0.2) is 0 Å². The minimum absolute atomic E-state index is 0.0523. The molecule has 20 heavy (non-hydrogen) atoms. The van der Waals surface area contributed by atoms with E-state index in [-0.39, 0.29) is 11.9 Å². The Balaban J connectivity index is 1.89. The summed E-state index contributed by atoms with van der Waals surface area (Å²) in [5.74, 6) is -0.222. The average molecular weight is 265 g/mol. The minimum Gasteiger partial charge on any atom is -0.376 e. The van der Waals surface area contributed by atoms with Crippen LogP contribution in [0.5, 0.6) is 0 Å². The van der Waals surface area contributed by atoms with Gasteiger partial charge in [0.1, 0.15) is 5.82 Å². The van der Waals surface area contributed by atoms with Crippen molar-refractivity contribution in [3.05, 3.63) is 78.1 Å². The number of nitrogens with one attached hydrogen (secondary N) is 1. The van der Waals surface area contributed by atoms with Gasteiger partial charge in [0.2, 0.25) is 0 Å². The van der Waals surface area contributed by atoms with E-state index in [0.717, 1.165) is 5.56 Å². The zero-order valence-electron chi connectivity index (χ0n) is 11.3. The first-order valence-electron chi connectivity index (χ1n) is 6.74. The van der Waals surface area contributed by atoms with Crippen LogP contribution in [-0.2, 0) is 0 Å². The first-order chi connectivity index (χ1) is 9.74. The number of hydrogen-bond acceptors (Lipinski definition) is 1. The molecule has 2 heteroatoms. The first kappa shape index (κ1) is 12.7. The summed E-state index contributed by atoms with van der Waals surface area (Å²) in [4.78, 5) is 0. The lowest BCUT2D eigenvalue weighted by Crippen LogP contribution is -2.07. The van der Waals surface area contributed by atoms with E-state index in [0.29, 0.717) is 5.69 Å². The predicted molar refractivity (Wildman–Crippen MR) is 82.4 cm³/mol. The summed E-state index contributed by atoms with van der Waals surface area (Å²) < 4.78 is 13.7. The van der Waals surface area contributed by atoms with Crippen molar-refractivity contribution in [3.8, 4) is 0 Å². The lowest BCUT2D eigenvalue weighted by Gasteiger charge is -2.16. The van der Waals surface area contributed by atoms with Gasteiger partial charge in [-0.2, -0.15) is 0 Å². The minimum atomic E-state index is -0.222. The van der Waals surface area contributed by atoms with Crippen LogP contribution in [-0.4, -0.2) is 0 Å². The molecule has 0 aliphatic rings. The van der Waals surface area contributed by atoms with Gasteiger partial charge in [-0.15, -0.1) is 0 Å². The van der Waals surface area contributed by atoms with Crippen LogP contribution in [0.15, 0.2) is 66.7 Å². The molecule has 0 amide bonds. The van der Waals surface area contributed by atoms with Gasteiger partial charge in [0.05, 0.1) is 5.69 Å². The molecule has 0 aromatic heterocycles. The maximum Gasteiger partial charge on any atom is 0.146 e. The normalized spacial score (nSPS) is 12.3. The zero-order chi connectivity index (χ0) is 13.9. The summed E-state index contributed by atoms with van der Waals surface area (Å²) in [6.07, 6.45) is 0. The van der Waals surface area contributed by atoms with Crippen LogP contribution < -0.4 is 5.32 Å². The molecule has 0 heterocycles. The summed E-state index contributed by atoms with van der Waals surface area (Å²) in [5.41, 5.74) is 1.68. The standard InChI is InChI=1S/C18H16FN/c1-13(20-18-9-5-4-8-17(18)19)15-11-10-14-6-2-3-7-16(14)12-15/h2-13,20H,1H3. The van der Waals surface area contributed by atoms with Gasteiger partial charge in [-0.05, 0) is 41.5 Å². The monoisotopic (exact) mass is 265 g/mol. The molecule has 0 saturated heterocycles. The fourth-order valence-corrected chi connectivity index (χ4v) is 2.37. The fourth-order valence-electron chi connectivity index (χ4n) is 2.37. The topological polar surface area (TPSA) is 12.0 Å². The van der Waals surface area contributed by atoms with Gasteiger partial charge in [-0.1, -0.05) is 48.5 Å². The lowest BCUT2D eigenvalue weighted by atomic mass is 10.0. The van der Waals surface area contributed by atoms with Crippen molar-refractivity contribution in [2.75, 3.05) is 5.32 Å². The number of rotatable bonds is 3. The molecule has 0 radical (unpaired) electrons. The predicted octanol–water partition coefficient (Wildman–Crippen LogP) is 5.15. The van der Waals surface area contributed by atoms with Crippen molar-refractivity contribution < 1.29 is 4.39 Å². The third-order valence-electron chi connectivity index (χ3n) is 3.52. The Morgan fingerprint density at radius 2 is 1.55 bits per heavy atom. The highest BCUT2D eigenvalue weighted by atomic mass is 19.1. The SMILES string of the molecule is CC(Nc1ccccc1F)c1ccc2ccccc2c1. The van der Waals surface area contributed by atoms with Crippen LogP contribution in [0.1, 0.15) is 18.5 Å². The van der Waals surface area contributed by atoms with Crippen LogP contribution in [0.4, 0.5) is 10.1 Å². The Bertz CT molecular complexity index is 736. The van der Waals surface area contributed by atoms with E-state index in [1.54, 1.807) is 12.1 Å². The van der Waals surface area contributed by atoms with Crippen molar-refractivity contribution in [3.63, 3.8) is 0 Å². The maximum atomic E-state index is 13.7. The van der Waals surface area contributed by atoms with Crippen molar-refractivity contribution in [2.24, 2.45) is 0 Å². The summed E-state index contributed by atoms with van der Waals surface area (Å²) in [7, 11) is 0. The Labute approximate surface area is 118 Å². The van der Waals surface area contributed by atoms with Crippen molar-refractivity contribution in [1.29, 1.82) is 0 Å². The number of anilines is 1. The largest absolute Gasteiger partial charge is 0.376 e. The van der Waals surface area contributed by atoms with Crippen molar-refractivity contribution in [1.82, 2.24) is 0 Å². The van der Waals surface area contributed by atoms with Crippen LogP contribution in [0.3, 0.4) is 0 Å². The molecule has 3 aromatic rings. The van der Waals surface area contributed by atoms with Gasteiger partial charge in [0, 0.05) is 6.04 Å². The molecule has 0 aliphatic carbocycles. The molecule has 1 N–H and O–H groups in total. The quantitative estimate of drug-likeness (QED) is 0.690. The summed E-state index contributed by atoms with van der Waals surface area (Å²) in [6.45, 7) is 2.04. The second-order valence-electron chi connectivity index (χ2n) is 4.95. The molecule has 3 aromatic carbocycles. The van der Waals surface area contributed by atoms with E-state index >= 15 is 0 Å². The number of hydrogen-bond donors (Lipinski definition) is 1. The van der Waals surface area contributed by atoms with Crippen LogP contribution in [0.2, 0.25) is 0 Å². The first-order valence-corrected chi connectivity index (χ1v) is 6.74. The summed E-state index contributed by atoms with van der Waals surface area (Å²) in [5, 5.41) is 5.63.